The molecule has 136 valence electrons. The van der Waals surface area contributed by atoms with Gasteiger partial charge < -0.3 is 5.32 Å². The number of carbonyl (C=O) groups excluding carboxylic acids is 1. The van der Waals surface area contributed by atoms with Crippen molar-refractivity contribution in [3.8, 4) is 0 Å². The van der Waals surface area contributed by atoms with Crippen LogP contribution in [-0.2, 0) is 25.0 Å². The topological polar surface area (TPSA) is 133 Å². The first-order valence-corrected chi connectivity index (χ1v) is 10.4. The third-order valence-electron chi connectivity index (χ3n) is 2.66. The molecular formula is C13H22N4O5S2. The minimum atomic E-state index is -3.74. The molecule has 0 aromatic heterocycles. The van der Waals surface area contributed by atoms with Gasteiger partial charge in [-0.25, -0.2) is 17.9 Å². The number of rotatable bonds is 10. The van der Waals surface area contributed by atoms with Crippen LogP contribution in [0.3, 0.4) is 0 Å². The Hall–Kier alpha value is -1.69. The first-order chi connectivity index (χ1) is 11.1. The van der Waals surface area contributed by atoms with Crippen LogP contribution in [0.1, 0.15) is 20.3 Å². The maximum atomic E-state index is 12.0. The molecule has 0 saturated heterocycles. The van der Waals surface area contributed by atoms with Gasteiger partial charge >= 0.3 is 0 Å². The molecule has 11 heteroatoms. The third-order valence-corrected chi connectivity index (χ3v) is 5.12. The van der Waals surface area contributed by atoms with Crippen molar-refractivity contribution < 1.29 is 21.6 Å². The predicted octanol–water partition coefficient (Wildman–Crippen LogP) is 0.221. The number of hydrogen-bond donors (Lipinski definition) is 4. The largest absolute Gasteiger partial charge is 0.326 e. The highest BCUT2D eigenvalue weighted by molar-refractivity contribution is 7.92. The summed E-state index contributed by atoms with van der Waals surface area (Å²) in [5.74, 6) is -0.700. The van der Waals surface area contributed by atoms with Gasteiger partial charge in [-0.1, -0.05) is 13.0 Å². The van der Waals surface area contributed by atoms with Gasteiger partial charge in [0.05, 0.1) is 11.4 Å². The summed E-state index contributed by atoms with van der Waals surface area (Å²) < 4.78 is 53.7. The maximum absolute atomic E-state index is 12.0. The van der Waals surface area contributed by atoms with Gasteiger partial charge in [-0.05, 0) is 24.6 Å². The quantitative estimate of drug-likeness (QED) is 0.462. The van der Waals surface area contributed by atoms with E-state index < -0.39 is 26.0 Å². The van der Waals surface area contributed by atoms with Crippen LogP contribution in [0.2, 0.25) is 0 Å². The lowest BCUT2D eigenvalue weighted by Gasteiger charge is -2.11. The van der Waals surface area contributed by atoms with E-state index in [2.05, 4.69) is 19.5 Å². The van der Waals surface area contributed by atoms with Gasteiger partial charge in [0.2, 0.25) is 15.9 Å². The molecule has 0 aliphatic heterocycles. The van der Waals surface area contributed by atoms with Gasteiger partial charge in [-0.3, -0.25) is 9.52 Å². The fourth-order valence-electron chi connectivity index (χ4n) is 1.69. The summed E-state index contributed by atoms with van der Waals surface area (Å²) in [5.41, 5.74) is 0.723. The van der Waals surface area contributed by atoms with Crippen molar-refractivity contribution in [2.24, 2.45) is 0 Å². The fraction of sp³-hybridized carbons (Fsp3) is 0.462. The summed E-state index contributed by atoms with van der Waals surface area (Å²) >= 11 is 0. The predicted molar refractivity (Wildman–Crippen MR) is 93.4 cm³/mol. The van der Waals surface area contributed by atoms with Crippen molar-refractivity contribution in [2.75, 3.05) is 28.9 Å². The van der Waals surface area contributed by atoms with Crippen molar-refractivity contribution in [1.82, 2.24) is 9.44 Å². The number of amides is 1. The Bertz CT molecular complexity index is 762. The Kier molecular flexibility index (Phi) is 7.60. The molecule has 4 N–H and O–H groups in total. The molecule has 0 bridgehead atoms. The monoisotopic (exact) mass is 378 g/mol. The van der Waals surface area contributed by atoms with Gasteiger partial charge in [0.1, 0.15) is 0 Å². The zero-order valence-electron chi connectivity index (χ0n) is 13.5. The molecule has 1 amide bonds. The molecule has 1 rings (SSSR count). The van der Waals surface area contributed by atoms with Gasteiger partial charge in [0, 0.05) is 25.7 Å². The van der Waals surface area contributed by atoms with Crippen LogP contribution < -0.4 is 19.5 Å². The Labute approximate surface area is 142 Å². The van der Waals surface area contributed by atoms with E-state index in [0.717, 1.165) is 0 Å². The van der Waals surface area contributed by atoms with E-state index >= 15 is 0 Å². The lowest BCUT2D eigenvalue weighted by Crippen LogP contribution is -2.39. The van der Waals surface area contributed by atoms with Crippen LogP contribution in [0.25, 0.3) is 0 Å². The SMILES string of the molecule is CCCNS(=O)(=O)NCCS(=O)(=O)Nc1cccc(NC(C)=O)c1. The van der Waals surface area contributed by atoms with Crippen LogP contribution in [0.5, 0.6) is 0 Å². The molecule has 9 nitrogen and oxygen atoms in total. The number of nitrogens with one attached hydrogen (secondary N) is 4. The summed E-state index contributed by atoms with van der Waals surface area (Å²) in [7, 11) is -7.44. The van der Waals surface area contributed by atoms with Crippen LogP contribution in [-0.4, -0.2) is 41.6 Å². The van der Waals surface area contributed by atoms with E-state index in [1.54, 1.807) is 12.1 Å². The van der Waals surface area contributed by atoms with E-state index in [4.69, 9.17) is 0 Å². The van der Waals surface area contributed by atoms with Crippen molar-refractivity contribution in [2.45, 2.75) is 20.3 Å². The molecule has 0 radical (unpaired) electrons. The summed E-state index contributed by atoms with van der Waals surface area (Å²) in [5, 5.41) is 2.54. The van der Waals surface area contributed by atoms with Gasteiger partial charge in [-0.15, -0.1) is 0 Å². The van der Waals surface area contributed by atoms with Gasteiger partial charge in [0.25, 0.3) is 10.2 Å². The van der Waals surface area contributed by atoms with Crippen molar-refractivity contribution in [1.29, 1.82) is 0 Å². The second-order valence-corrected chi connectivity index (χ2v) is 8.40. The van der Waals surface area contributed by atoms with Crippen LogP contribution in [0.4, 0.5) is 11.4 Å². The standard InChI is InChI=1S/C13H22N4O5S2/c1-3-7-14-24(21,22)15-8-9-23(19,20)17-13-6-4-5-12(10-13)16-11(2)18/h4-6,10,14-15,17H,3,7-9H2,1-2H3,(H,16,18). The van der Waals surface area contributed by atoms with E-state index in [9.17, 15) is 21.6 Å². The molecule has 1 aromatic carbocycles. The van der Waals surface area contributed by atoms with Gasteiger partial charge in [-0.2, -0.15) is 8.42 Å². The molecule has 1 aromatic rings. The van der Waals surface area contributed by atoms with Crippen molar-refractivity contribution >= 4 is 37.5 Å². The summed E-state index contributed by atoms with van der Waals surface area (Å²) in [6.07, 6.45) is 0.630. The summed E-state index contributed by atoms with van der Waals surface area (Å²) in [4.78, 5) is 11.0. The zero-order valence-corrected chi connectivity index (χ0v) is 15.1. The lowest BCUT2D eigenvalue weighted by molar-refractivity contribution is -0.114. The van der Waals surface area contributed by atoms with E-state index in [-0.39, 0.29) is 24.7 Å². The molecular weight excluding hydrogens is 356 g/mol. The van der Waals surface area contributed by atoms with Crippen LogP contribution >= 0.6 is 0 Å². The minimum absolute atomic E-state index is 0.264. The minimum Gasteiger partial charge on any atom is -0.326 e. The molecule has 0 spiro atoms. The summed E-state index contributed by atoms with van der Waals surface area (Å²) in [6, 6.07) is 6.19. The average Bonchev–Trinajstić information content (AvgIpc) is 2.43. The highest BCUT2D eigenvalue weighted by atomic mass is 32.2. The first kappa shape index (κ1) is 20.4. The molecule has 0 atom stereocenters. The second-order valence-electron chi connectivity index (χ2n) is 4.98. The molecule has 0 saturated carbocycles. The van der Waals surface area contributed by atoms with E-state index in [0.29, 0.717) is 12.1 Å². The second kappa shape index (κ2) is 8.97. The van der Waals surface area contributed by atoms with Crippen molar-refractivity contribution in [3.63, 3.8) is 0 Å². The molecule has 0 fully saturated rings. The number of hydrogen-bond acceptors (Lipinski definition) is 5. The molecule has 24 heavy (non-hydrogen) atoms. The van der Waals surface area contributed by atoms with E-state index in [1.165, 1.54) is 19.1 Å². The Balaban J connectivity index is 2.59. The number of sulfonamides is 1. The highest BCUT2D eigenvalue weighted by Crippen LogP contribution is 2.16. The zero-order chi connectivity index (χ0) is 18.2. The maximum Gasteiger partial charge on any atom is 0.276 e. The molecule has 0 heterocycles. The Morgan fingerprint density at radius 2 is 1.67 bits per heavy atom. The number of anilines is 2. The molecule has 0 aliphatic rings. The first-order valence-electron chi connectivity index (χ1n) is 7.26. The Morgan fingerprint density at radius 1 is 1.04 bits per heavy atom. The fourth-order valence-corrected chi connectivity index (χ4v) is 3.73. The Morgan fingerprint density at radius 3 is 2.29 bits per heavy atom. The average molecular weight is 378 g/mol. The summed E-state index contributed by atoms with van der Waals surface area (Å²) in [6.45, 7) is 3.16. The highest BCUT2D eigenvalue weighted by Gasteiger charge is 2.14. The number of benzene rings is 1. The lowest BCUT2D eigenvalue weighted by atomic mass is 10.3. The van der Waals surface area contributed by atoms with Crippen LogP contribution in [0, 0.1) is 0 Å². The normalized spacial score (nSPS) is 11.9. The molecule has 0 aliphatic carbocycles. The molecule has 0 unspecified atom stereocenters. The van der Waals surface area contributed by atoms with Crippen LogP contribution in [0.15, 0.2) is 24.3 Å². The van der Waals surface area contributed by atoms with E-state index in [1.807, 2.05) is 6.92 Å². The van der Waals surface area contributed by atoms with Crippen molar-refractivity contribution in [3.05, 3.63) is 24.3 Å². The van der Waals surface area contributed by atoms with Gasteiger partial charge in [0.15, 0.2) is 0 Å². The number of carbonyl (C=O) groups is 1. The third kappa shape index (κ3) is 8.24. The smallest absolute Gasteiger partial charge is 0.276 e.